The first kappa shape index (κ1) is 27.8. The topological polar surface area (TPSA) is 145 Å². The lowest BCUT2D eigenvalue weighted by atomic mass is 10.1. The van der Waals surface area contributed by atoms with Crippen molar-refractivity contribution in [3.63, 3.8) is 0 Å². The third kappa shape index (κ3) is 6.52. The summed E-state index contributed by atoms with van der Waals surface area (Å²) in [4.78, 5) is 23.3. The molecule has 3 rings (SSSR count). The number of hydrogen-bond donors (Lipinski definition) is 2. The van der Waals surface area contributed by atoms with Gasteiger partial charge in [0.15, 0.2) is 5.69 Å². The minimum atomic E-state index is -4.23. The molecule has 1 aromatic heterocycles. The summed E-state index contributed by atoms with van der Waals surface area (Å²) in [5.41, 5.74) is -0.219. The highest BCUT2D eigenvalue weighted by molar-refractivity contribution is 7.89. The Bertz CT molecular complexity index is 1410. The molecule has 11 nitrogen and oxygen atoms in total. The molecule has 0 fully saturated rings. The maximum Gasteiger partial charge on any atom is 0.272 e. The summed E-state index contributed by atoms with van der Waals surface area (Å²) >= 11 is 0. The van der Waals surface area contributed by atoms with E-state index in [0.717, 1.165) is 18.6 Å². The average molecular weight is 530 g/mol. The summed E-state index contributed by atoms with van der Waals surface area (Å²) in [5, 5.41) is 18.7. The van der Waals surface area contributed by atoms with Crippen molar-refractivity contribution >= 4 is 21.6 Å². The predicted octanol–water partition coefficient (Wildman–Crippen LogP) is 4.49. The van der Waals surface area contributed by atoms with E-state index in [-0.39, 0.29) is 23.4 Å². The van der Waals surface area contributed by atoms with Crippen molar-refractivity contribution in [2.24, 2.45) is 0 Å². The van der Waals surface area contributed by atoms with Crippen LogP contribution in [-0.2, 0) is 10.0 Å². The van der Waals surface area contributed by atoms with Crippen LogP contribution in [-0.4, -0.2) is 40.6 Å². The molecule has 0 unspecified atom stereocenters. The zero-order valence-corrected chi connectivity index (χ0v) is 22.4. The van der Waals surface area contributed by atoms with Crippen LogP contribution in [0, 0.1) is 17.0 Å². The number of amides is 1. The number of aromatic nitrogens is 2. The van der Waals surface area contributed by atoms with E-state index < -0.39 is 37.0 Å². The number of nitro groups is 1. The van der Waals surface area contributed by atoms with E-state index in [1.165, 1.54) is 10.7 Å². The van der Waals surface area contributed by atoms with Gasteiger partial charge in [-0.1, -0.05) is 25.1 Å². The van der Waals surface area contributed by atoms with Crippen LogP contribution in [0.5, 0.6) is 11.6 Å². The largest absolute Gasteiger partial charge is 0.437 e. The van der Waals surface area contributed by atoms with E-state index in [0.29, 0.717) is 11.3 Å². The lowest BCUT2D eigenvalue weighted by Gasteiger charge is -2.21. The summed E-state index contributed by atoms with van der Waals surface area (Å²) in [6, 6.07) is 12.1. The Morgan fingerprint density at radius 3 is 2.41 bits per heavy atom. The smallest absolute Gasteiger partial charge is 0.272 e. The maximum absolute atomic E-state index is 13.2. The molecule has 1 heterocycles. The van der Waals surface area contributed by atoms with Gasteiger partial charge in [0.25, 0.3) is 11.6 Å². The van der Waals surface area contributed by atoms with Crippen LogP contribution in [0.3, 0.4) is 0 Å². The zero-order valence-electron chi connectivity index (χ0n) is 21.6. The molecule has 0 spiro atoms. The molecule has 198 valence electrons. The number of sulfonamides is 1. The molecule has 37 heavy (non-hydrogen) atoms. The minimum Gasteiger partial charge on any atom is -0.437 e. The summed E-state index contributed by atoms with van der Waals surface area (Å²) in [7, 11) is -4.23. The summed E-state index contributed by atoms with van der Waals surface area (Å²) < 4.78 is 36.5. The first-order chi connectivity index (χ1) is 17.2. The Kier molecular flexibility index (Phi) is 8.03. The Balaban J connectivity index is 2.20. The Morgan fingerprint density at radius 2 is 1.84 bits per heavy atom. The minimum absolute atomic E-state index is 0.0898. The van der Waals surface area contributed by atoms with E-state index in [1.807, 2.05) is 19.9 Å². The van der Waals surface area contributed by atoms with Crippen molar-refractivity contribution in [1.82, 2.24) is 19.8 Å². The van der Waals surface area contributed by atoms with E-state index >= 15 is 0 Å². The van der Waals surface area contributed by atoms with Gasteiger partial charge >= 0.3 is 0 Å². The number of non-ortho nitro benzene ring substituents is 1. The highest BCUT2D eigenvalue weighted by Gasteiger charge is 2.30. The van der Waals surface area contributed by atoms with Crippen LogP contribution >= 0.6 is 0 Å². The summed E-state index contributed by atoms with van der Waals surface area (Å²) in [5.74, 6) is -0.463. The van der Waals surface area contributed by atoms with Gasteiger partial charge in [0.1, 0.15) is 10.6 Å². The number of nitrogens with zero attached hydrogens (tertiary/aromatic N) is 3. The third-order valence-corrected chi connectivity index (χ3v) is 7.13. The number of ether oxygens (including phenoxy) is 1. The molecule has 0 saturated heterocycles. The second-order valence-electron chi connectivity index (χ2n) is 9.65. The van der Waals surface area contributed by atoms with E-state index in [4.69, 9.17) is 4.74 Å². The van der Waals surface area contributed by atoms with Gasteiger partial charge in [0, 0.05) is 29.3 Å². The highest BCUT2D eigenvalue weighted by Crippen LogP contribution is 2.36. The Hall–Kier alpha value is -3.77. The third-order valence-electron chi connectivity index (χ3n) is 5.35. The lowest BCUT2D eigenvalue weighted by molar-refractivity contribution is -0.385. The van der Waals surface area contributed by atoms with Crippen LogP contribution in [0.4, 0.5) is 5.69 Å². The van der Waals surface area contributed by atoms with Gasteiger partial charge in [-0.3, -0.25) is 14.9 Å². The second-order valence-corrected chi connectivity index (χ2v) is 11.3. The van der Waals surface area contributed by atoms with Crippen LogP contribution in [0.15, 0.2) is 53.4 Å². The molecule has 0 bridgehead atoms. The van der Waals surface area contributed by atoms with Crippen LogP contribution < -0.4 is 14.8 Å². The second kappa shape index (κ2) is 10.7. The number of benzene rings is 2. The SMILES string of the molecule is CC[C@@H](C)NC(=O)c1nn(-c2ccccc2)c(Oc2ccc([N+](=O)[O-])cc2S(=O)(=O)NC(C)(C)C)c1C. The fraction of sp³-hybridized carbons (Fsp3) is 0.360. The first-order valence-electron chi connectivity index (χ1n) is 11.7. The van der Waals surface area contributed by atoms with Crippen molar-refractivity contribution in [2.75, 3.05) is 0 Å². The molecule has 0 aliphatic heterocycles. The number of nitro benzene ring substituents is 1. The Morgan fingerprint density at radius 1 is 1.19 bits per heavy atom. The first-order valence-corrected chi connectivity index (χ1v) is 13.2. The van der Waals surface area contributed by atoms with Crippen molar-refractivity contribution in [3.8, 4) is 17.3 Å². The number of carbonyl (C=O) groups excluding carboxylic acids is 1. The monoisotopic (exact) mass is 529 g/mol. The van der Waals surface area contributed by atoms with Gasteiger partial charge in [-0.25, -0.2) is 13.1 Å². The normalized spacial score (nSPS) is 12.7. The van der Waals surface area contributed by atoms with Crippen molar-refractivity contribution in [3.05, 3.63) is 69.9 Å². The molecule has 1 atom stereocenters. The molecule has 0 aliphatic carbocycles. The predicted molar refractivity (Wildman–Crippen MR) is 139 cm³/mol. The van der Waals surface area contributed by atoms with E-state index in [9.17, 15) is 23.3 Å². The highest BCUT2D eigenvalue weighted by atomic mass is 32.2. The molecule has 2 aromatic carbocycles. The molecular formula is C25H31N5O6S. The molecule has 2 N–H and O–H groups in total. The van der Waals surface area contributed by atoms with Gasteiger partial charge in [-0.15, -0.1) is 0 Å². The fourth-order valence-electron chi connectivity index (χ4n) is 3.42. The van der Waals surface area contributed by atoms with Crippen LogP contribution in [0.25, 0.3) is 5.69 Å². The Labute approximate surface area is 216 Å². The maximum atomic E-state index is 13.2. The van der Waals surface area contributed by atoms with Crippen LogP contribution in [0.2, 0.25) is 0 Å². The summed E-state index contributed by atoms with van der Waals surface area (Å²) in [6.45, 7) is 10.4. The number of carbonyl (C=O) groups is 1. The lowest BCUT2D eigenvalue weighted by Crippen LogP contribution is -2.40. The fourth-order valence-corrected chi connectivity index (χ4v) is 4.99. The van der Waals surface area contributed by atoms with Crippen LogP contribution in [0.1, 0.15) is 57.1 Å². The van der Waals surface area contributed by atoms with Crippen molar-refractivity contribution in [2.45, 2.75) is 64.4 Å². The van der Waals surface area contributed by atoms with E-state index in [2.05, 4.69) is 15.1 Å². The number of hydrogen-bond acceptors (Lipinski definition) is 7. The molecule has 0 saturated carbocycles. The average Bonchev–Trinajstić information content (AvgIpc) is 3.14. The molecule has 12 heteroatoms. The zero-order chi connectivity index (χ0) is 27.5. The number of nitrogens with one attached hydrogen (secondary N) is 2. The van der Waals surface area contributed by atoms with Gasteiger partial charge in [0.05, 0.1) is 10.6 Å². The van der Waals surface area contributed by atoms with Gasteiger partial charge < -0.3 is 10.1 Å². The quantitative estimate of drug-likeness (QED) is 0.307. The van der Waals surface area contributed by atoms with Gasteiger partial charge in [-0.05, 0) is 59.2 Å². The van der Waals surface area contributed by atoms with Crippen molar-refractivity contribution in [1.29, 1.82) is 0 Å². The molecule has 0 aliphatic rings. The number of para-hydroxylation sites is 1. The van der Waals surface area contributed by atoms with Gasteiger partial charge in [0.2, 0.25) is 15.9 Å². The molecule has 1 amide bonds. The number of rotatable bonds is 9. The standard InChI is InChI=1S/C25H31N5O6S/c1-7-16(2)26-23(31)22-17(3)24(29(27-22)18-11-9-8-10-12-18)36-20-14-13-19(30(32)33)15-21(20)37(34,35)28-25(4,5)6/h8-16,28H,7H2,1-6H3,(H,26,31)/t16-/m1/s1. The molecule has 0 radical (unpaired) electrons. The molecule has 3 aromatic rings. The summed E-state index contributed by atoms with van der Waals surface area (Å²) in [6.07, 6.45) is 0.721. The van der Waals surface area contributed by atoms with Crippen molar-refractivity contribution < 1.29 is 22.9 Å². The molecular weight excluding hydrogens is 498 g/mol. The van der Waals surface area contributed by atoms with Gasteiger partial charge in [-0.2, -0.15) is 9.78 Å². The van der Waals surface area contributed by atoms with E-state index in [1.54, 1.807) is 52.0 Å².